The third-order valence-electron chi connectivity index (χ3n) is 3.96. The lowest BCUT2D eigenvalue weighted by molar-refractivity contribution is -0.132. The first-order valence-electron chi connectivity index (χ1n) is 8.41. The predicted molar refractivity (Wildman–Crippen MR) is 97.2 cm³/mol. The highest BCUT2D eigenvalue weighted by Gasteiger charge is 2.23. The third kappa shape index (κ3) is 5.11. The number of likely N-dealkylation sites (tertiary alicyclic amines) is 1. The largest absolute Gasteiger partial charge is 0.363 e. The highest BCUT2D eigenvalue weighted by Crippen LogP contribution is 2.10. The molecule has 1 aliphatic heterocycles. The second-order valence-corrected chi connectivity index (χ2v) is 6.23. The molecule has 2 heterocycles. The highest BCUT2D eigenvalue weighted by atomic mass is 16.2. The van der Waals surface area contributed by atoms with Crippen LogP contribution in [-0.4, -0.2) is 62.0 Å². The summed E-state index contributed by atoms with van der Waals surface area (Å²) in [6.07, 6.45) is 1.42. The topological polar surface area (TPSA) is 72.9 Å². The Bertz CT molecular complexity index is 586. The van der Waals surface area contributed by atoms with Crippen molar-refractivity contribution >= 4 is 17.7 Å². The number of nitrogens with zero attached hydrogens (tertiary/aromatic N) is 4. The number of pyridine rings is 1. The van der Waals surface area contributed by atoms with Gasteiger partial charge in [0.25, 0.3) is 0 Å². The molecule has 0 aliphatic carbocycles. The molecule has 1 unspecified atom stereocenters. The van der Waals surface area contributed by atoms with E-state index in [0.717, 1.165) is 30.4 Å². The molecule has 7 nitrogen and oxygen atoms in total. The van der Waals surface area contributed by atoms with Crippen LogP contribution in [0.2, 0.25) is 0 Å². The van der Waals surface area contributed by atoms with E-state index in [1.165, 1.54) is 0 Å². The van der Waals surface area contributed by atoms with Gasteiger partial charge in [-0.1, -0.05) is 6.07 Å². The maximum atomic E-state index is 11.6. The molecule has 1 atom stereocenters. The van der Waals surface area contributed by atoms with Crippen LogP contribution >= 0.6 is 0 Å². The summed E-state index contributed by atoms with van der Waals surface area (Å²) in [7, 11) is 5.79. The minimum atomic E-state index is 0.208. The zero-order valence-corrected chi connectivity index (χ0v) is 15.0. The molecule has 2 rings (SSSR count). The Labute approximate surface area is 144 Å². The molecule has 1 amide bonds. The average molecular weight is 332 g/mol. The zero-order chi connectivity index (χ0) is 17.5. The molecule has 0 spiro atoms. The Morgan fingerprint density at radius 3 is 2.92 bits per heavy atom. The molecule has 24 heavy (non-hydrogen) atoms. The summed E-state index contributed by atoms with van der Waals surface area (Å²) < 4.78 is 0. The number of amides is 1. The van der Waals surface area contributed by atoms with Crippen molar-refractivity contribution in [3.05, 3.63) is 23.9 Å². The number of hydrogen-bond acceptors (Lipinski definition) is 4. The molecule has 0 aromatic carbocycles. The van der Waals surface area contributed by atoms with Gasteiger partial charge in [-0.05, 0) is 25.5 Å². The smallest absolute Gasteiger partial charge is 0.222 e. The van der Waals surface area contributed by atoms with Crippen LogP contribution in [0.15, 0.2) is 23.2 Å². The molecule has 0 bridgehead atoms. The lowest BCUT2D eigenvalue weighted by atomic mass is 10.1. The van der Waals surface area contributed by atoms with E-state index in [2.05, 4.69) is 20.6 Å². The summed E-state index contributed by atoms with van der Waals surface area (Å²) in [4.78, 5) is 24.6. The number of hydrogen-bond donors (Lipinski definition) is 2. The maximum absolute atomic E-state index is 11.6. The van der Waals surface area contributed by atoms with Crippen LogP contribution in [0.4, 0.5) is 5.82 Å². The van der Waals surface area contributed by atoms with Crippen molar-refractivity contribution in [2.45, 2.75) is 32.4 Å². The molecule has 132 valence electrons. The predicted octanol–water partition coefficient (Wildman–Crippen LogP) is 0.824. The number of guanidine groups is 1. The number of anilines is 1. The van der Waals surface area contributed by atoms with Crippen LogP contribution in [0, 0.1) is 0 Å². The highest BCUT2D eigenvalue weighted by molar-refractivity contribution is 5.81. The summed E-state index contributed by atoms with van der Waals surface area (Å²) >= 11 is 0. The molecule has 1 aliphatic rings. The first-order valence-corrected chi connectivity index (χ1v) is 8.41. The fourth-order valence-corrected chi connectivity index (χ4v) is 2.61. The summed E-state index contributed by atoms with van der Waals surface area (Å²) in [6, 6.07) is 6.18. The Morgan fingerprint density at radius 1 is 1.46 bits per heavy atom. The summed E-state index contributed by atoms with van der Waals surface area (Å²) in [6.45, 7) is 4.05. The van der Waals surface area contributed by atoms with Gasteiger partial charge in [-0.2, -0.15) is 0 Å². The molecule has 7 heteroatoms. The van der Waals surface area contributed by atoms with Crippen molar-refractivity contribution < 1.29 is 4.79 Å². The molecule has 1 fully saturated rings. The second kappa shape index (κ2) is 8.52. The van der Waals surface area contributed by atoms with E-state index in [-0.39, 0.29) is 11.9 Å². The van der Waals surface area contributed by atoms with E-state index in [4.69, 9.17) is 0 Å². The van der Waals surface area contributed by atoms with Crippen molar-refractivity contribution in [3.8, 4) is 0 Å². The van der Waals surface area contributed by atoms with Crippen LogP contribution in [0.25, 0.3) is 0 Å². The van der Waals surface area contributed by atoms with Crippen molar-refractivity contribution in [2.24, 2.45) is 4.99 Å². The van der Waals surface area contributed by atoms with Crippen molar-refractivity contribution in [3.63, 3.8) is 0 Å². The minimum absolute atomic E-state index is 0.208. The van der Waals surface area contributed by atoms with Crippen LogP contribution in [0.3, 0.4) is 0 Å². The number of carbonyl (C=O) groups excluding carboxylic acids is 1. The number of rotatable bonds is 5. The third-order valence-corrected chi connectivity index (χ3v) is 3.96. The van der Waals surface area contributed by atoms with Gasteiger partial charge in [0, 0.05) is 46.7 Å². The summed E-state index contributed by atoms with van der Waals surface area (Å²) in [5.74, 6) is 1.90. The number of aromatic nitrogens is 1. The van der Waals surface area contributed by atoms with Gasteiger partial charge in [0.1, 0.15) is 5.82 Å². The summed E-state index contributed by atoms with van der Waals surface area (Å²) in [5.41, 5.74) is 0.925. The molecular formula is C17H28N6O. The van der Waals surface area contributed by atoms with Gasteiger partial charge < -0.3 is 20.4 Å². The van der Waals surface area contributed by atoms with Crippen LogP contribution in [0.5, 0.6) is 0 Å². The Balaban J connectivity index is 2.00. The SMILES string of the molecule is CCNC(=NCc1cccc(N(C)C)n1)NC1CCC(=O)N(C)C1. The fourth-order valence-electron chi connectivity index (χ4n) is 2.61. The standard InChI is InChI=1S/C17H28N6O/c1-5-18-17(21-14-9-10-16(24)23(4)12-14)19-11-13-7-6-8-15(20-13)22(2)3/h6-8,14H,5,9-12H2,1-4H3,(H2,18,19,21). The molecular weight excluding hydrogens is 304 g/mol. The second-order valence-electron chi connectivity index (χ2n) is 6.23. The molecule has 1 aromatic heterocycles. The molecule has 1 saturated heterocycles. The van der Waals surface area contributed by atoms with Crippen LogP contribution in [0.1, 0.15) is 25.5 Å². The Morgan fingerprint density at radius 2 is 2.25 bits per heavy atom. The quantitative estimate of drug-likeness (QED) is 0.617. The Hall–Kier alpha value is -2.31. The van der Waals surface area contributed by atoms with E-state index in [1.807, 2.05) is 51.2 Å². The van der Waals surface area contributed by atoms with E-state index in [1.54, 1.807) is 4.90 Å². The molecule has 0 saturated carbocycles. The van der Waals surface area contributed by atoms with Gasteiger partial charge in [0.15, 0.2) is 5.96 Å². The van der Waals surface area contributed by atoms with Crippen molar-refractivity contribution in [2.75, 3.05) is 39.1 Å². The monoisotopic (exact) mass is 332 g/mol. The normalized spacial score (nSPS) is 18.5. The van der Waals surface area contributed by atoms with Crippen LogP contribution in [-0.2, 0) is 11.3 Å². The Kier molecular flexibility index (Phi) is 6.40. The van der Waals surface area contributed by atoms with Gasteiger partial charge in [0.2, 0.25) is 5.91 Å². The van der Waals surface area contributed by atoms with E-state index in [0.29, 0.717) is 19.5 Å². The lowest BCUT2D eigenvalue weighted by Crippen LogP contribution is -2.51. The first kappa shape index (κ1) is 18.0. The number of carbonyl (C=O) groups is 1. The lowest BCUT2D eigenvalue weighted by Gasteiger charge is -2.31. The zero-order valence-electron chi connectivity index (χ0n) is 15.0. The van der Waals surface area contributed by atoms with E-state index < -0.39 is 0 Å². The van der Waals surface area contributed by atoms with E-state index in [9.17, 15) is 4.79 Å². The van der Waals surface area contributed by atoms with Crippen molar-refractivity contribution in [1.82, 2.24) is 20.5 Å². The fraction of sp³-hybridized carbons (Fsp3) is 0.588. The minimum Gasteiger partial charge on any atom is -0.363 e. The number of nitrogens with one attached hydrogen (secondary N) is 2. The molecule has 0 radical (unpaired) electrons. The van der Waals surface area contributed by atoms with E-state index >= 15 is 0 Å². The number of aliphatic imine (C=N–C) groups is 1. The van der Waals surface area contributed by atoms with Gasteiger partial charge in [0.05, 0.1) is 12.2 Å². The van der Waals surface area contributed by atoms with Gasteiger partial charge in [-0.3, -0.25) is 4.79 Å². The van der Waals surface area contributed by atoms with Crippen molar-refractivity contribution in [1.29, 1.82) is 0 Å². The molecule has 2 N–H and O–H groups in total. The van der Waals surface area contributed by atoms with Crippen LogP contribution < -0.4 is 15.5 Å². The molecule has 1 aromatic rings. The number of piperidine rings is 1. The number of likely N-dealkylation sites (N-methyl/N-ethyl adjacent to an activating group) is 1. The summed E-state index contributed by atoms with van der Waals surface area (Å²) in [5, 5.41) is 6.68. The first-order chi connectivity index (χ1) is 11.5. The van der Waals surface area contributed by atoms with Gasteiger partial charge >= 0.3 is 0 Å². The van der Waals surface area contributed by atoms with Gasteiger partial charge in [-0.25, -0.2) is 9.98 Å². The maximum Gasteiger partial charge on any atom is 0.222 e. The van der Waals surface area contributed by atoms with Gasteiger partial charge in [-0.15, -0.1) is 0 Å². The average Bonchev–Trinajstić information content (AvgIpc) is 2.56.